The van der Waals surface area contributed by atoms with Crippen molar-refractivity contribution in [2.75, 3.05) is 39.9 Å². The van der Waals surface area contributed by atoms with Crippen LogP contribution in [0.3, 0.4) is 0 Å². The van der Waals surface area contributed by atoms with Gasteiger partial charge in [0.1, 0.15) is 5.82 Å². The lowest BCUT2D eigenvalue weighted by atomic mass is 10.0. The fourth-order valence-corrected chi connectivity index (χ4v) is 4.06. The molecule has 1 saturated heterocycles. The number of rotatable bonds is 6. The summed E-state index contributed by atoms with van der Waals surface area (Å²) in [5, 5.41) is 6.75. The highest BCUT2D eigenvalue weighted by Crippen LogP contribution is 2.22. The fourth-order valence-electron chi connectivity index (χ4n) is 3.23. The number of nitrogens with zero attached hydrogens (tertiary/aromatic N) is 2. The molecular weight excluding hydrogens is 363 g/mol. The molecule has 1 aromatic carbocycles. The molecule has 0 amide bonds. The molecule has 2 aromatic rings. The summed E-state index contributed by atoms with van der Waals surface area (Å²) in [6.07, 6.45) is 0. The van der Waals surface area contributed by atoms with E-state index in [0.717, 1.165) is 31.2 Å². The van der Waals surface area contributed by atoms with Crippen molar-refractivity contribution in [1.29, 1.82) is 0 Å². The lowest BCUT2D eigenvalue weighted by Gasteiger charge is -2.35. The van der Waals surface area contributed by atoms with Gasteiger partial charge in [0.05, 0.1) is 25.8 Å². The first kappa shape index (κ1) is 19.8. The topological polar surface area (TPSA) is 48.9 Å². The lowest BCUT2D eigenvalue weighted by molar-refractivity contribution is 0.0169. The first-order valence-electron chi connectivity index (χ1n) is 9.23. The quantitative estimate of drug-likeness (QED) is 0.588. The maximum atomic E-state index is 13.8. The minimum Gasteiger partial charge on any atom is -0.379 e. The smallest absolute Gasteiger partial charge is 0.191 e. The zero-order valence-electron chi connectivity index (χ0n) is 15.9. The van der Waals surface area contributed by atoms with E-state index in [1.54, 1.807) is 30.5 Å². The number of thiophene rings is 1. The summed E-state index contributed by atoms with van der Waals surface area (Å²) < 4.78 is 19.2. The molecule has 1 fully saturated rings. The molecule has 1 aliphatic rings. The average Bonchev–Trinajstić information content (AvgIpc) is 3.10. The Hall–Kier alpha value is -1.96. The lowest BCUT2D eigenvalue weighted by Crippen LogP contribution is -2.46. The third kappa shape index (κ3) is 5.76. The Bertz CT molecular complexity index is 758. The van der Waals surface area contributed by atoms with Crippen LogP contribution in [-0.4, -0.2) is 50.8 Å². The van der Waals surface area contributed by atoms with Crippen molar-refractivity contribution in [3.63, 3.8) is 0 Å². The van der Waals surface area contributed by atoms with Crippen molar-refractivity contribution in [2.24, 2.45) is 4.99 Å². The highest BCUT2D eigenvalue weighted by molar-refractivity contribution is 7.11. The van der Waals surface area contributed by atoms with E-state index in [9.17, 15) is 4.39 Å². The fraction of sp³-hybridized carbons (Fsp3) is 0.450. The number of aliphatic imine (C=N–C) groups is 1. The summed E-state index contributed by atoms with van der Waals surface area (Å²) in [4.78, 5) is 9.22. The number of nitrogens with one attached hydrogen (secondary N) is 2. The Labute approximate surface area is 164 Å². The van der Waals surface area contributed by atoms with E-state index in [-0.39, 0.29) is 11.9 Å². The van der Waals surface area contributed by atoms with Gasteiger partial charge in [-0.3, -0.25) is 9.89 Å². The van der Waals surface area contributed by atoms with Gasteiger partial charge in [-0.2, -0.15) is 0 Å². The number of benzene rings is 1. The van der Waals surface area contributed by atoms with Gasteiger partial charge in [0.15, 0.2) is 5.96 Å². The Morgan fingerprint density at radius 3 is 2.74 bits per heavy atom. The molecule has 1 aromatic heterocycles. The van der Waals surface area contributed by atoms with Crippen molar-refractivity contribution in [2.45, 2.75) is 19.5 Å². The second kappa shape index (κ2) is 9.82. The Morgan fingerprint density at radius 2 is 2.07 bits per heavy atom. The molecule has 2 N–H and O–H groups in total. The van der Waals surface area contributed by atoms with Gasteiger partial charge in [-0.15, -0.1) is 11.3 Å². The highest BCUT2D eigenvalue weighted by atomic mass is 32.1. The Morgan fingerprint density at radius 1 is 1.26 bits per heavy atom. The molecule has 0 bridgehead atoms. The minimum absolute atomic E-state index is 0.0622. The van der Waals surface area contributed by atoms with E-state index < -0.39 is 0 Å². The van der Waals surface area contributed by atoms with Crippen molar-refractivity contribution in [1.82, 2.24) is 15.5 Å². The second-order valence-electron chi connectivity index (χ2n) is 6.54. The number of morpholine rings is 1. The van der Waals surface area contributed by atoms with Crippen LogP contribution >= 0.6 is 11.3 Å². The normalized spacial score (nSPS) is 16.9. The molecule has 5 nitrogen and oxygen atoms in total. The number of guanidine groups is 1. The predicted octanol–water partition coefficient (Wildman–Crippen LogP) is 2.93. The Balaban J connectivity index is 1.63. The Kier molecular flexibility index (Phi) is 7.20. The largest absolute Gasteiger partial charge is 0.379 e. The maximum Gasteiger partial charge on any atom is 0.191 e. The van der Waals surface area contributed by atoms with Crippen LogP contribution in [0.1, 0.15) is 21.4 Å². The van der Waals surface area contributed by atoms with E-state index in [1.165, 1.54) is 15.8 Å². The van der Waals surface area contributed by atoms with Crippen LogP contribution in [0.25, 0.3) is 0 Å². The van der Waals surface area contributed by atoms with Crippen molar-refractivity contribution >= 4 is 17.3 Å². The molecule has 1 atom stereocenters. The zero-order chi connectivity index (χ0) is 19.1. The van der Waals surface area contributed by atoms with Crippen LogP contribution in [0.15, 0.2) is 41.4 Å². The summed E-state index contributed by atoms with van der Waals surface area (Å²) in [5.41, 5.74) is 0.966. The summed E-state index contributed by atoms with van der Waals surface area (Å²) in [6, 6.07) is 11.2. The monoisotopic (exact) mass is 390 g/mol. The van der Waals surface area contributed by atoms with Gasteiger partial charge in [0, 0.05) is 36.4 Å². The molecule has 0 saturated carbocycles. The van der Waals surface area contributed by atoms with Gasteiger partial charge in [0.25, 0.3) is 0 Å². The SMILES string of the molecule is CN=C(NCc1ccc(C)s1)NCC(c1cccc(F)c1)N1CCOCC1. The molecule has 7 heteroatoms. The van der Waals surface area contributed by atoms with Gasteiger partial charge in [-0.05, 0) is 36.8 Å². The summed E-state index contributed by atoms with van der Waals surface area (Å²) in [7, 11) is 1.76. The number of aryl methyl sites for hydroxylation is 1. The van der Waals surface area contributed by atoms with Gasteiger partial charge in [-0.1, -0.05) is 12.1 Å². The highest BCUT2D eigenvalue weighted by Gasteiger charge is 2.23. The van der Waals surface area contributed by atoms with E-state index in [0.29, 0.717) is 19.8 Å². The van der Waals surface area contributed by atoms with Gasteiger partial charge in [-0.25, -0.2) is 4.39 Å². The number of hydrogen-bond donors (Lipinski definition) is 2. The molecule has 27 heavy (non-hydrogen) atoms. The summed E-state index contributed by atoms with van der Waals surface area (Å²) >= 11 is 1.78. The van der Waals surface area contributed by atoms with Gasteiger partial charge in [0.2, 0.25) is 0 Å². The standard InChI is InChI=1S/C20H27FN4OS/c1-15-6-7-18(27-15)13-23-20(22-2)24-14-19(25-8-10-26-11-9-25)16-4-3-5-17(21)12-16/h3-7,12,19H,8-11,13-14H2,1-2H3,(H2,22,23,24). The zero-order valence-corrected chi connectivity index (χ0v) is 16.7. The van der Waals surface area contributed by atoms with Crippen LogP contribution in [0, 0.1) is 12.7 Å². The van der Waals surface area contributed by atoms with E-state index in [2.05, 4.69) is 39.6 Å². The molecular formula is C20H27FN4OS. The van der Waals surface area contributed by atoms with Crippen molar-refractivity contribution in [3.05, 3.63) is 57.5 Å². The molecule has 0 radical (unpaired) electrons. The van der Waals surface area contributed by atoms with E-state index >= 15 is 0 Å². The van der Waals surface area contributed by atoms with Crippen LogP contribution < -0.4 is 10.6 Å². The molecule has 3 rings (SSSR count). The van der Waals surface area contributed by atoms with E-state index in [4.69, 9.17) is 4.74 Å². The predicted molar refractivity (Wildman–Crippen MR) is 109 cm³/mol. The number of hydrogen-bond acceptors (Lipinski definition) is 4. The van der Waals surface area contributed by atoms with Crippen LogP contribution in [0.2, 0.25) is 0 Å². The van der Waals surface area contributed by atoms with Crippen molar-refractivity contribution in [3.8, 4) is 0 Å². The maximum absolute atomic E-state index is 13.8. The first-order chi connectivity index (χ1) is 13.2. The first-order valence-corrected chi connectivity index (χ1v) is 10.0. The average molecular weight is 391 g/mol. The van der Waals surface area contributed by atoms with Crippen LogP contribution in [0.4, 0.5) is 4.39 Å². The molecule has 1 aliphatic heterocycles. The molecule has 0 spiro atoms. The summed E-state index contributed by atoms with van der Waals surface area (Å²) in [6.45, 7) is 6.57. The van der Waals surface area contributed by atoms with Gasteiger partial charge < -0.3 is 15.4 Å². The third-order valence-electron chi connectivity index (χ3n) is 4.63. The number of halogens is 1. The van der Waals surface area contributed by atoms with Gasteiger partial charge >= 0.3 is 0 Å². The number of ether oxygens (including phenoxy) is 1. The molecule has 146 valence electrons. The summed E-state index contributed by atoms with van der Waals surface area (Å²) in [5.74, 6) is 0.539. The molecule has 0 aliphatic carbocycles. The second-order valence-corrected chi connectivity index (χ2v) is 7.91. The van der Waals surface area contributed by atoms with Crippen LogP contribution in [-0.2, 0) is 11.3 Å². The molecule has 1 unspecified atom stereocenters. The molecule has 2 heterocycles. The third-order valence-corrected chi connectivity index (χ3v) is 5.63. The van der Waals surface area contributed by atoms with Crippen LogP contribution in [0.5, 0.6) is 0 Å². The van der Waals surface area contributed by atoms with Crippen molar-refractivity contribution < 1.29 is 9.13 Å². The minimum atomic E-state index is -0.207. The van der Waals surface area contributed by atoms with E-state index in [1.807, 2.05) is 6.07 Å².